The molecule has 0 bridgehead atoms. The van der Waals surface area contributed by atoms with E-state index in [2.05, 4.69) is 10.1 Å². The maximum absolute atomic E-state index is 12.1. The van der Waals surface area contributed by atoms with Crippen LogP contribution in [0.25, 0.3) is 6.08 Å². The molecule has 26 heavy (non-hydrogen) atoms. The van der Waals surface area contributed by atoms with Crippen LogP contribution in [0.1, 0.15) is 27.7 Å². The van der Waals surface area contributed by atoms with Crippen LogP contribution >= 0.6 is 11.3 Å². The Kier molecular flexibility index (Phi) is 6.85. The molecule has 1 aromatic carbocycles. The number of carbonyl (C=O) groups excluding carboxylic acids is 2. The molecular formula is C18H17F2NO4S. The highest BCUT2D eigenvalue weighted by Crippen LogP contribution is 2.27. The molecule has 5 nitrogen and oxygen atoms in total. The lowest BCUT2D eigenvalue weighted by Crippen LogP contribution is -2.06. The van der Waals surface area contributed by atoms with Gasteiger partial charge >= 0.3 is 12.6 Å². The van der Waals surface area contributed by atoms with E-state index < -0.39 is 12.6 Å². The number of amides is 1. The molecule has 0 fully saturated rings. The molecule has 0 unspecified atom stereocenters. The van der Waals surface area contributed by atoms with Crippen molar-refractivity contribution in [3.8, 4) is 5.75 Å². The molecule has 0 aliphatic rings. The van der Waals surface area contributed by atoms with E-state index in [-0.39, 0.29) is 18.3 Å². The van der Waals surface area contributed by atoms with Gasteiger partial charge in [0.15, 0.2) is 0 Å². The maximum Gasteiger partial charge on any atom is 0.387 e. The van der Waals surface area contributed by atoms with Crippen molar-refractivity contribution in [3.63, 3.8) is 0 Å². The first-order valence-corrected chi connectivity index (χ1v) is 8.52. The van der Waals surface area contributed by atoms with Gasteiger partial charge in [-0.05, 0) is 49.2 Å². The van der Waals surface area contributed by atoms with Crippen molar-refractivity contribution >= 4 is 34.3 Å². The van der Waals surface area contributed by atoms with Gasteiger partial charge in [-0.25, -0.2) is 4.79 Å². The number of nitrogens with one attached hydrogen (secondary N) is 1. The number of thiophene rings is 1. The fourth-order valence-electron chi connectivity index (χ4n) is 2.04. The minimum absolute atomic E-state index is 0.0437. The summed E-state index contributed by atoms with van der Waals surface area (Å²) in [6.45, 7) is 0.885. The normalized spacial score (nSPS) is 11.0. The number of hydrogen-bond acceptors (Lipinski definition) is 5. The Morgan fingerprint density at radius 2 is 1.96 bits per heavy atom. The molecule has 138 valence electrons. The number of esters is 1. The second-order valence-corrected chi connectivity index (χ2v) is 6.17. The smallest absolute Gasteiger partial charge is 0.387 e. The maximum atomic E-state index is 12.1. The molecular weight excluding hydrogens is 364 g/mol. The van der Waals surface area contributed by atoms with E-state index in [9.17, 15) is 18.4 Å². The monoisotopic (exact) mass is 381 g/mol. The van der Waals surface area contributed by atoms with E-state index >= 15 is 0 Å². The van der Waals surface area contributed by atoms with Crippen LogP contribution in [0.15, 0.2) is 36.4 Å². The first kappa shape index (κ1) is 19.6. The lowest BCUT2D eigenvalue weighted by atomic mass is 10.2. The van der Waals surface area contributed by atoms with Gasteiger partial charge in [0, 0.05) is 6.08 Å². The summed E-state index contributed by atoms with van der Waals surface area (Å²) in [5, 5.41) is 3.20. The van der Waals surface area contributed by atoms with Crippen molar-refractivity contribution in [2.45, 2.75) is 20.5 Å². The zero-order valence-electron chi connectivity index (χ0n) is 14.1. The van der Waals surface area contributed by atoms with Crippen LogP contribution in [-0.4, -0.2) is 25.1 Å². The Bertz CT molecular complexity index is 800. The quantitative estimate of drug-likeness (QED) is 0.567. The van der Waals surface area contributed by atoms with Crippen molar-refractivity contribution in [2.75, 3.05) is 11.9 Å². The van der Waals surface area contributed by atoms with Gasteiger partial charge in [0.2, 0.25) is 5.91 Å². The van der Waals surface area contributed by atoms with E-state index in [1.807, 2.05) is 0 Å². The Hall–Kier alpha value is -2.74. The third-order valence-electron chi connectivity index (χ3n) is 3.16. The van der Waals surface area contributed by atoms with Crippen molar-refractivity contribution in [2.24, 2.45) is 0 Å². The van der Waals surface area contributed by atoms with Gasteiger partial charge in [-0.1, -0.05) is 12.1 Å². The van der Waals surface area contributed by atoms with Gasteiger partial charge in [0.25, 0.3) is 0 Å². The van der Waals surface area contributed by atoms with Crippen LogP contribution in [0.2, 0.25) is 0 Å². The summed E-state index contributed by atoms with van der Waals surface area (Å²) in [5.41, 5.74) is 1.37. The lowest BCUT2D eigenvalue weighted by molar-refractivity contribution is -0.111. The third kappa shape index (κ3) is 5.66. The summed E-state index contributed by atoms with van der Waals surface area (Å²) in [5.74, 6) is -0.756. The molecule has 0 aliphatic carbocycles. The van der Waals surface area contributed by atoms with Gasteiger partial charge < -0.3 is 14.8 Å². The van der Waals surface area contributed by atoms with Gasteiger partial charge in [-0.3, -0.25) is 4.79 Å². The number of hydrogen-bond donors (Lipinski definition) is 1. The largest absolute Gasteiger partial charge is 0.462 e. The first-order chi connectivity index (χ1) is 12.4. The number of ether oxygens (including phenoxy) is 2. The Morgan fingerprint density at radius 3 is 2.58 bits per heavy atom. The van der Waals surface area contributed by atoms with Crippen LogP contribution in [0.5, 0.6) is 5.75 Å². The second kappa shape index (κ2) is 9.10. The predicted octanol–water partition coefficient (Wildman–Crippen LogP) is 4.49. The number of carbonyl (C=O) groups is 2. The third-order valence-corrected chi connectivity index (χ3v) is 4.29. The SMILES string of the molecule is CCOC(=O)c1sc(NC(=O)/C=C/c2ccc(OC(F)F)cc2)cc1C. The fourth-order valence-corrected chi connectivity index (χ4v) is 3.01. The van der Waals surface area contributed by atoms with Crippen molar-refractivity contribution in [1.29, 1.82) is 0 Å². The molecule has 1 amide bonds. The molecule has 0 atom stereocenters. The summed E-state index contributed by atoms with van der Waals surface area (Å²) in [4.78, 5) is 24.2. The molecule has 0 saturated carbocycles. The first-order valence-electron chi connectivity index (χ1n) is 7.70. The van der Waals surface area contributed by atoms with Gasteiger partial charge in [0.1, 0.15) is 10.6 Å². The molecule has 0 spiro atoms. The zero-order chi connectivity index (χ0) is 19.1. The highest BCUT2D eigenvalue weighted by atomic mass is 32.1. The van der Waals surface area contributed by atoms with E-state index in [0.717, 1.165) is 16.9 Å². The number of alkyl halides is 2. The highest BCUT2D eigenvalue weighted by molar-refractivity contribution is 7.18. The number of aryl methyl sites for hydroxylation is 1. The summed E-state index contributed by atoms with van der Waals surface area (Å²) in [7, 11) is 0. The van der Waals surface area contributed by atoms with Crippen molar-refractivity contribution in [3.05, 3.63) is 52.4 Å². The molecule has 0 aliphatic heterocycles. The lowest BCUT2D eigenvalue weighted by Gasteiger charge is -2.03. The zero-order valence-corrected chi connectivity index (χ0v) is 14.9. The van der Waals surface area contributed by atoms with Crippen LogP contribution in [-0.2, 0) is 9.53 Å². The Balaban J connectivity index is 1.97. The Labute approximate surface area is 153 Å². The highest BCUT2D eigenvalue weighted by Gasteiger charge is 2.15. The molecule has 2 rings (SSSR count). The molecule has 1 heterocycles. The molecule has 1 N–H and O–H groups in total. The second-order valence-electron chi connectivity index (χ2n) is 5.11. The van der Waals surface area contributed by atoms with Crippen LogP contribution in [0.4, 0.5) is 13.8 Å². The van der Waals surface area contributed by atoms with Crippen LogP contribution in [0, 0.1) is 6.92 Å². The van der Waals surface area contributed by atoms with Gasteiger partial charge in [-0.15, -0.1) is 11.3 Å². The topological polar surface area (TPSA) is 64.6 Å². The van der Waals surface area contributed by atoms with E-state index in [0.29, 0.717) is 15.4 Å². The van der Waals surface area contributed by atoms with Gasteiger partial charge in [-0.2, -0.15) is 8.78 Å². The number of rotatable bonds is 7. The molecule has 1 aromatic heterocycles. The van der Waals surface area contributed by atoms with Gasteiger partial charge in [0.05, 0.1) is 11.6 Å². The van der Waals surface area contributed by atoms with Crippen molar-refractivity contribution < 1.29 is 27.8 Å². The predicted molar refractivity (Wildman–Crippen MR) is 95.8 cm³/mol. The minimum atomic E-state index is -2.88. The summed E-state index contributed by atoms with van der Waals surface area (Å²) in [6.07, 6.45) is 2.84. The molecule has 0 radical (unpaired) electrons. The minimum Gasteiger partial charge on any atom is -0.462 e. The fraction of sp³-hybridized carbons (Fsp3) is 0.222. The summed E-state index contributed by atoms with van der Waals surface area (Å²) >= 11 is 1.14. The molecule has 2 aromatic rings. The van der Waals surface area contributed by atoms with Crippen LogP contribution < -0.4 is 10.1 Å². The van der Waals surface area contributed by atoms with E-state index in [1.54, 1.807) is 32.0 Å². The van der Waals surface area contributed by atoms with Crippen LogP contribution in [0.3, 0.4) is 0 Å². The van der Waals surface area contributed by atoms with E-state index in [1.165, 1.54) is 24.3 Å². The average molecular weight is 381 g/mol. The molecule has 8 heteroatoms. The summed E-state index contributed by atoms with van der Waals surface area (Å²) in [6, 6.07) is 7.57. The summed E-state index contributed by atoms with van der Waals surface area (Å²) < 4.78 is 33.4. The van der Waals surface area contributed by atoms with Crippen molar-refractivity contribution in [1.82, 2.24) is 0 Å². The number of halogens is 2. The number of anilines is 1. The standard InChI is InChI=1S/C18H17F2NO4S/c1-3-24-17(23)16-11(2)10-15(26-16)21-14(22)9-6-12-4-7-13(8-5-12)25-18(19)20/h4-10,18H,3H2,1-2H3,(H,21,22)/b9-6+. The average Bonchev–Trinajstić information content (AvgIpc) is 2.94. The molecule has 0 saturated heterocycles. The van der Waals surface area contributed by atoms with E-state index in [4.69, 9.17) is 4.74 Å². The Morgan fingerprint density at radius 1 is 1.27 bits per heavy atom. The number of benzene rings is 1.